The number of carbonyl (C=O) groups excluding carboxylic acids is 1. The second kappa shape index (κ2) is 13.0. The van der Waals surface area contributed by atoms with Gasteiger partial charge in [0.05, 0.1) is 30.7 Å². The normalized spacial score (nSPS) is 20.1. The van der Waals surface area contributed by atoms with Crippen LogP contribution in [0.5, 0.6) is 0 Å². The van der Waals surface area contributed by atoms with Gasteiger partial charge in [-0.2, -0.15) is 0 Å². The van der Waals surface area contributed by atoms with Gasteiger partial charge in [-0.15, -0.1) is 0 Å². The Hall–Kier alpha value is -2.78. The van der Waals surface area contributed by atoms with E-state index in [1.165, 1.54) is 18.0 Å². The summed E-state index contributed by atoms with van der Waals surface area (Å²) in [5.74, 6) is -1.95. The number of aliphatic carboxylic acids is 1. The van der Waals surface area contributed by atoms with Crippen LogP contribution in [-0.2, 0) is 14.3 Å². The molecule has 1 N–H and O–H groups in total. The van der Waals surface area contributed by atoms with Crippen LogP contribution in [0.2, 0.25) is 10.0 Å². The first-order chi connectivity index (χ1) is 18.7. The first-order valence-electron chi connectivity index (χ1n) is 12.5. The Labute approximate surface area is 241 Å². The third kappa shape index (κ3) is 6.69. The maximum atomic E-state index is 14.8. The summed E-state index contributed by atoms with van der Waals surface area (Å²) in [6, 6.07) is 19.7. The summed E-state index contributed by atoms with van der Waals surface area (Å²) in [7, 11) is 0. The number of carboxylic acid groups (broad SMARTS) is 1. The van der Waals surface area contributed by atoms with E-state index in [-0.39, 0.29) is 5.82 Å². The second-order valence-corrected chi connectivity index (χ2v) is 10.9. The van der Waals surface area contributed by atoms with Gasteiger partial charge in [-0.05, 0) is 53.9 Å². The van der Waals surface area contributed by atoms with Crippen LogP contribution in [-0.4, -0.2) is 46.8 Å². The molecule has 0 radical (unpaired) electrons. The Morgan fingerprint density at radius 1 is 1.08 bits per heavy atom. The number of hydrogen-bond donors (Lipinski definition) is 1. The SMILES string of the molecule is CCC(CN(SC)c1ccccc1F)N1C(=O)C(CC(=O)O)OC(c2cccc(Cl)c2)C1c1ccc(Cl)cc1. The number of hydrogen-bond acceptors (Lipinski definition) is 5. The minimum absolute atomic E-state index is 0.302. The molecule has 6 nitrogen and oxygen atoms in total. The van der Waals surface area contributed by atoms with E-state index in [4.69, 9.17) is 27.9 Å². The fourth-order valence-electron chi connectivity index (χ4n) is 4.93. The predicted molar refractivity (Wildman–Crippen MR) is 154 cm³/mol. The molecule has 0 aliphatic carbocycles. The number of amides is 1. The summed E-state index contributed by atoms with van der Waals surface area (Å²) in [5, 5.41) is 10.6. The molecule has 1 aliphatic heterocycles. The molecule has 4 rings (SSSR count). The highest BCUT2D eigenvalue weighted by Crippen LogP contribution is 2.45. The lowest BCUT2D eigenvalue weighted by molar-refractivity contribution is -0.183. The highest BCUT2D eigenvalue weighted by Gasteiger charge is 2.47. The van der Waals surface area contributed by atoms with Gasteiger partial charge in [-0.1, -0.05) is 78.5 Å². The van der Waals surface area contributed by atoms with Crippen LogP contribution in [0.25, 0.3) is 0 Å². The van der Waals surface area contributed by atoms with Gasteiger partial charge in [0, 0.05) is 16.3 Å². The van der Waals surface area contributed by atoms with Crippen molar-refractivity contribution in [2.75, 3.05) is 17.1 Å². The number of rotatable bonds is 10. The van der Waals surface area contributed by atoms with Crippen LogP contribution < -0.4 is 4.31 Å². The van der Waals surface area contributed by atoms with Crippen molar-refractivity contribution in [1.82, 2.24) is 4.90 Å². The summed E-state index contributed by atoms with van der Waals surface area (Å²) >= 11 is 13.9. The molecule has 1 heterocycles. The van der Waals surface area contributed by atoms with Gasteiger partial charge in [0.25, 0.3) is 5.91 Å². The van der Waals surface area contributed by atoms with E-state index < -0.39 is 42.6 Å². The molecule has 3 aromatic rings. The summed E-state index contributed by atoms with van der Waals surface area (Å²) in [6.07, 6.45) is -0.0320. The first-order valence-corrected chi connectivity index (χ1v) is 14.4. The molecule has 1 amide bonds. The Bertz CT molecular complexity index is 1310. The Kier molecular flexibility index (Phi) is 9.77. The van der Waals surface area contributed by atoms with Crippen LogP contribution in [0.3, 0.4) is 0 Å². The number of carboxylic acids is 1. The molecule has 3 aromatic carbocycles. The van der Waals surface area contributed by atoms with Crippen molar-refractivity contribution in [2.45, 2.75) is 44.1 Å². The van der Waals surface area contributed by atoms with Crippen LogP contribution in [0.1, 0.15) is 43.0 Å². The van der Waals surface area contributed by atoms with E-state index in [2.05, 4.69) is 0 Å². The molecule has 4 unspecified atom stereocenters. The zero-order valence-electron chi connectivity index (χ0n) is 21.5. The molecule has 39 heavy (non-hydrogen) atoms. The Balaban J connectivity index is 1.84. The summed E-state index contributed by atoms with van der Waals surface area (Å²) in [4.78, 5) is 27.5. The predicted octanol–water partition coefficient (Wildman–Crippen LogP) is 7.18. The first kappa shape index (κ1) is 29.2. The Morgan fingerprint density at radius 3 is 2.41 bits per heavy atom. The van der Waals surface area contributed by atoms with Crippen molar-refractivity contribution in [1.29, 1.82) is 0 Å². The standard InChI is InChI=1S/C29H29Cl2FN2O4S/c1-3-22(17-33(39-2)24-10-5-4-9-23(24)32)34-27(18-11-13-20(30)14-12-18)28(19-7-6-8-21(31)15-19)38-25(29(34)37)16-26(35)36/h4-15,22,25,27-28H,3,16-17H2,1-2H3,(H,35,36). The molecule has 1 fully saturated rings. The lowest BCUT2D eigenvalue weighted by Crippen LogP contribution is -2.57. The van der Waals surface area contributed by atoms with Gasteiger partial charge < -0.3 is 19.0 Å². The third-order valence-electron chi connectivity index (χ3n) is 6.76. The average molecular weight is 592 g/mol. The van der Waals surface area contributed by atoms with Gasteiger partial charge in [-0.3, -0.25) is 9.59 Å². The fraction of sp³-hybridized carbons (Fsp3) is 0.310. The number of benzene rings is 3. The molecule has 0 spiro atoms. The summed E-state index contributed by atoms with van der Waals surface area (Å²) in [5.41, 5.74) is 1.88. The minimum Gasteiger partial charge on any atom is -0.481 e. The lowest BCUT2D eigenvalue weighted by atomic mass is 9.89. The molecule has 4 atom stereocenters. The largest absolute Gasteiger partial charge is 0.481 e. The maximum Gasteiger partial charge on any atom is 0.306 e. The fourth-order valence-corrected chi connectivity index (χ4v) is 5.92. The van der Waals surface area contributed by atoms with Crippen LogP contribution >= 0.6 is 35.1 Å². The van der Waals surface area contributed by atoms with Crippen LogP contribution in [0.15, 0.2) is 72.8 Å². The van der Waals surface area contributed by atoms with E-state index in [0.717, 1.165) is 5.56 Å². The van der Waals surface area contributed by atoms with Crippen LogP contribution in [0.4, 0.5) is 10.1 Å². The number of morpholine rings is 1. The van der Waals surface area contributed by atoms with E-state index in [0.29, 0.717) is 34.3 Å². The molecule has 10 heteroatoms. The monoisotopic (exact) mass is 590 g/mol. The molecule has 0 bridgehead atoms. The quantitative estimate of drug-likeness (QED) is 0.252. The second-order valence-electron chi connectivity index (χ2n) is 9.20. The van der Waals surface area contributed by atoms with Crippen molar-refractivity contribution >= 4 is 52.7 Å². The van der Waals surface area contributed by atoms with Crippen molar-refractivity contribution in [3.05, 3.63) is 99.8 Å². The molecule has 0 saturated carbocycles. The Morgan fingerprint density at radius 2 is 1.79 bits per heavy atom. The van der Waals surface area contributed by atoms with E-state index in [1.54, 1.807) is 53.4 Å². The summed E-state index contributed by atoms with van der Waals surface area (Å²) < 4.78 is 22.8. The van der Waals surface area contributed by atoms with Crippen LogP contribution in [0, 0.1) is 5.82 Å². The van der Waals surface area contributed by atoms with Gasteiger partial charge in [0.15, 0.2) is 0 Å². The van der Waals surface area contributed by atoms with Crippen molar-refractivity contribution < 1.29 is 23.8 Å². The van der Waals surface area contributed by atoms with E-state index in [9.17, 15) is 19.1 Å². The topological polar surface area (TPSA) is 70.1 Å². The maximum absolute atomic E-state index is 14.8. The highest BCUT2D eigenvalue weighted by molar-refractivity contribution is 7.99. The highest BCUT2D eigenvalue weighted by atomic mass is 35.5. The number of nitrogens with zero attached hydrogens (tertiary/aromatic N) is 2. The molecule has 206 valence electrons. The zero-order valence-corrected chi connectivity index (χ0v) is 23.8. The minimum atomic E-state index is -1.21. The van der Waals surface area contributed by atoms with Gasteiger partial charge in [-0.25, -0.2) is 4.39 Å². The molecular formula is C29H29Cl2FN2O4S. The number of para-hydroxylation sites is 1. The molecule has 0 aromatic heterocycles. The number of halogens is 3. The van der Waals surface area contributed by atoms with Crippen molar-refractivity contribution in [3.8, 4) is 0 Å². The van der Waals surface area contributed by atoms with Gasteiger partial charge >= 0.3 is 5.97 Å². The zero-order chi connectivity index (χ0) is 28.1. The molecule has 1 saturated heterocycles. The van der Waals surface area contributed by atoms with Gasteiger partial charge in [0.2, 0.25) is 0 Å². The van der Waals surface area contributed by atoms with Crippen molar-refractivity contribution in [3.63, 3.8) is 0 Å². The summed E-state index contributed by atoms with van der Waals surface area (Å²) in [6.45, 7) is 2.25. The van der Waals surface area contributed by atoms with E-state index >= 15 is 0 Å². The average Bonchev–Trinajstić information content (AvgIpc) is 2.91. The number of carbonyl (C=O) groups is 2. The number of anilines is 1. The number of ether oxygens (including phenoxy) is 1. The van der Waals surface area contributed by atoms with Crippen molar-refractivity contribution in [2.24, 2.45) is 0 Å². The smallest absolute Gasteiger partial charge is 0.306 e. The molecular weight excluding hydrogens is 562 g/mol. The lowest BCUT2D eigenvalue weighted by Gasteiger charge is -2.48. The third-order valence-corrected chi connectivity index (χ3v) is 8.03. The molecule has 1 aliphatic rings. The van der Waals surface area contributed by atoms with Gasteiger partial charge in [0.1, 0.15) is 18.0 Å². The van der Waals surface area contributed by atoms with E-state index in [1.807, 2.05) is 35.7 Å².